The molecule has 0 radical (unpaired) electrons. The highest BCUT2D eigenvalue weighted by Gasteiger charge is 2.19. The molecule has 1 aliphatic heterocycles. The number of nitrogens with one attached hydrogen (secondary N) is 5. The third-order valence-corrected chi connectivity index (χ3v) is 8.80. The highest BCUT2D eigenvalue weighted by atomic mass is 32.2. The molecular weight excluding hydrogens is 618 g/mol. The van der Waals surface area contributed by atoms with Gasteiger partial charge >= 0.3 is 0 Å². The van der Waals surface area contributed by atoms with Crippen LogP contribution in [0.2, 0.25) is 0 Å². The van der Waals surface area contributed by atoms with Crippen LogP contribution in [-0.4, -0.2) is 85.3 Å². The molecule has 0 atom stereocenters. The monoisotopic (exact) mass is 653 g/mol. The Morgan fingerprint density at radius 1 is 0.787 bits per heavy atom. The highest BCUT2D eigenvalue weighted by molar-refractivity contribution is 7.99. The van der Waals surface area contributed by atoms with Crippen LogP contribution in [0.3, 0.4) is 0 Å². The first-order chi connectivity index (χ1) is 22.7. The van der Waals surface area contributed by atoms with Crippen molar-refractivity contribution in [2.75, 3.05) is 53.6 Å². The minimum Gasteiger partial charge on any atom is -0.355 e. The van der Waals surface area contributed by atoms with Crippen molar-refractivity contribution in [1.29, 1.82) is 0 Å². The van der Waals surface area contributed by atoms with E-state index in [1.165, 1.54) is 12.3 Å². The van der Waals surface area contributed by atoms with Crippen LogP contribution in [0, 0.1) is 0 Å². The molecule has 4 aromatic heterocycles. The van der Waals surface area contributed by atoms with Crippen LogP contribution in [0.5, 0.6) is 0 Å². The molecule has 0 bridgehead atoms. The van der Waals surface area contributed by atoms with Crippen LogP contribution in [0.25, 0.3) is 10.8 Å². The SMILES string of the molecule is Cn1cc(NC(=O)c2cc(NC(=O)c3cc(NC(=O)c4cc5ccccc5cn4)c[nH]3)cn2C)cc1C(=O)NCCN1CCSCC1. The first-order valence-corrected chi connectivity index (χ1v) is 16.3. The molecule has 14 heteroatoms. The summed E-state index contributed by atoms with van der Waals surface area (Å²) in [6.45, 7) is 3.42. The van der Waals surface area contributed by atoms with Gasteiger partial charge in [-0.15, -0.1) is 0 Å². The summed E-state index contributed by atoms with van der Waals surface area (Å²) < 4.78 is 3.27. The molecule has 0 unspecified atom stereocenters. The molecule has 5 heterocycles. The Morgan fingerprint density at radius 3 is 2.15 bits per heavy atom. The van der Waals surface area contributed by atoms with Crippen LogP contribution in [-0.2, 0) is 14.1 Å². The summed E-state index contributed by atoms with van der Waals surface area (Å²) in [4.78, 5) is 61.1. The molecule has 5 N–H and O–H groups in total. The second-order valence-electron chi connectivity index (χ2n) is 11.2. The number of hydrogen-bond donors (Lipinski definition) is 5. The number of anilines is 3. The van der Waals surface area contributed by atoms with Crippen LogP contribution >= 0.6 is 11.8 Å². The highest BCUT2D eigenvalue weighted by Crippen LogP contribution is 2.20. The number of H-pyrrole nitrogens is 1. The van der Waals surface area contributed by atoms with E-state index in [1.807, 2.05) is 36.0 Å². The second kappa shape index (κ2) is 14.0. The predicted molar refractivity (Wildman–Crippen MR) is 183 cm³/mol. The number of fused-ring (bicyclic) bond motifs is 1. The summed E-state index contributed by atoms with van der Waals surface area (Å²) in [7, 11) is 3.44. The lowest BCUT2D eigenvalue weighted by Crippen LogP contribution is -2.39. The van der Waals surface area contributed by atoms with Crippen molar-refractivity contribution in [3.05, 3.63) is 96.1 Å². The molecule has 1 saturated heterocycles. The van der Waals surface area contributed by atoms with E-state index in [4.69, 9.17) is 0 Å². The number of carbonyl (C=O) groups is 4. The van der Waals surface area contributed by atoms with Gasteiger partial charge < -0.3 is 35.4 Å². The van der Waals surface area contributed by atoms with Crippen molar-refractivity contribution < 1.29 is 19.2 Å². The number of aryl methyl sites for hydroxylation is 2. The lowest BCUT2D eigenvalue weighted by Gasteiger charge is -2.25. The van der Waals surface area contributed by atoms with Gasteiger partial charge in [-0.25, -0.2) is 0 Å². The van der Waals surface area contributed by atoms with E-state index in [0.29, 0.717) is 35.0 Å². The van der Waals surface area contributed by atoms with Crippen LogP contribution in [0.1, 0.15) is 42.0 Å². The third-order valence-electron chi connectivity index (χ3n) is 7.86. The van der Waals surface area contributed by atoms with Crippen LogP contribution in [0.15, 0.2) is 73.3 Å². The minimum atomic E-state index is -0.454. The third kappa shape index (κ3) is 7.56. The van der Waals surface area contributed by atoms with Gasteiger partial charge in [-0.1, -0.05) is 24.3 Å². The topological polar surface area (TPSA) is 158 Å². The average molecular weight is 654 g/mol. The number of benzene rings is 1. The maximum Gasteiger partial charge on any atom is 0.274 e. The summed E-state index contributed by atoms with van der Waals surface area (Å²) in [6.07, 6.45) is 6.45. The second-order valence-corrected chi connectivity index (χ2v) is 12.5. The number of hydrogen-bond acceptors (Lipinski definition) is 7. The number of nitrogens with zero attached hydrogens (tertiary/aromatic N) is 4. The van der Waals surface area contributed by atoms with Gasteiger partial charge in [-0.2, -0.15) is 11.8 Å². The van der Waals surface area contributed by atoms with Crippen molar-refractivity contribution in [2.24, 2.45) is 14.1 Å². The van der Waals surface area contributed by atoms with E-state index in [2.05, 4.69) is 36.1 Å². The molecule has 0 saturated carbocycles. The molecule has 5 aromatic rings. The fourth-order valence-corrected chi connectivity index (χ4v) is 6.33. The summed E-state index contributed by atoms with van der Waals surface area (Å²) in [5, 5.41) is 13.1. The van der Waals surface area contributed by atoms with E-state index >= 15 is 0 Å². The van der Waals surface area contributed by atoms with E-state index in [0.717, 1.165) is 41.9 Å². The largest absolute Gasteiger partial charge is 0.355 e. The van der Waals surface area contributed by atoms with Gasteiger partial charge in [-0.05, 0) is 29.7 Å². The molecule has 47 heavy (non-hydrogen) atoms. The van der Waals surface area contributed by atoms with Crippen molar-refractivity contribution in [3.8, 4) is 0 Å². The van der Waals surface area contributed by atoms with Gasteiger partial charge in [0.1, 0.15) is 22.8 Å². The molecule has 1 fully saturated rings. The smallest absolute Gasteiger partial charge is 0.274 e. The Kier molecular flexibility index (Phi) is 9.40. The summed E-state index contributed by atoms with van der Waals surface area (Å²) in [6, 6.07) is 14.0. The molecule has 13 nitrogen and oxygen atoms in total. The number of rotatable bonds is 10. The summed E-state index contributed by atoms with van der Waals surface area (Å²) >= 11 is 1.95. The standard InChI is InChI=1S/C33H35N9O4S/c1-40-20-25(15-28(40)32(45)34-7-8-42-9-11-47-12-10-42)39-33(46)29-16-24(19-41(29)2)38-31(44)27-14-23(18-36-27)37-30(43)26-13-21-5-3-4-6-22(21)17-35-26/h3-6,13-20,36H,7-12H2,1-2H3,(H,34,45)(H,37,43)(H,38,44)(H,39,46). The molecule has 0 spiro atoms. The molecular formula is C33H35N9O4S. The average Bonchev–Trinajstić information content (AvgIpc) is 3.79. The van der Waals surface area contributed by atoms with E-state index in [9.17, 15) is 19.2 Å². The number of aromatic amines is 1. The zero-order valence-corrected chi connectivity index (χ0v) is 26.8. The minimum absolute atomic E-state index is 0.208. The molecule has 6 rings (SSSR count). The maximum absolute atomic E-state index is 13.1. The fourth-order valence-electron chi connectivity index (χ4n) is 5.35. The zero-order chi connectivity index (χ0) is 32.9. The van der Waals surface area contributed by atoms with Crippen LogP contribution < -0.4 is 21.3 Å². The van der Waals surface area contributed by atoms with Gasteiger partial charge in [0.25, 0.3) is 23.6 Å². The normalized spacial score (nSPS) is 13.3. The fraction of sp³-hybridized carbons (Fsp3) is 0.242. The molecule has 1 aromatic carbocycles. The Balaban J connectivity index is 1.02. The zero-order valence-electron chi connectivity index (χ0n) is 26.0. The molecule has 1 aliphatic rings. The quantitative estimate of drug-likeness (QED) is 0.154. The Labute approximate surface area is 275 Å². The Bertz CT molecular complexity index is 1950. The lowest BCUT2D eigenvalue weighted by atomic mass is 10.1. The first kappa shape index (κ1) is 31.6. The number of thioether (sulfide) groups is 1. The first-order valence-electron chi connectivity index (χ1n) is 15.1. The van der Waals surface area contributed by atoms with Crippen molar-refractivity contribution in [2.45, 2.75) is 0 Å². The van der Waals surface area contributed by atoms with Crippen molar-refractivity contribution in [3.63, 3.8) is 0 Å². The van der Waals surface area contributed by atoms with Gasteiger partial charge in [0.15, 0.2) is 0 Å². The van der Waals surface area contributed by atoms with Gasteiger partial charge in [0.2, 0.25) is 0 Å². The Hall–Kier alpha value is -5.34. The number of carbonyl (C=O) groups excluding carboxylic acids is 4. The maximum atomic E-state index is 13.1. The predicted octanol–water partition coefficient (Wildman–Crippen LogP) is 3.78. The van der Waals surface area contributed by atoms with Crippen molar-refractivity contribution >= 4 is 63.2 Å². The molecule has 0 aliphatic carbocycles. The lowest BCUT2D eigenvalue weighted by molar-refractivity contribution is 0.0938. The summed E-state index contributed by atoms with van der Waals surface area (Å²) in [5.41, 5.74) is 2.49. The van der Waals surface area contributed by atoms with E-state index in [-0.39, 0.29) is 17.3 Å². The van der Waals surface area contributed by atoms with E-state index < -0.39 is 17.7 Å². The van der Waals surface area contributed by atoms with E-state index in [1.54, 1.807) is 60.0 Å². The number of amides is 4. The molecule has 4 amide bonds. The number of aromatic nitrogens is 4. The van der Waals surface area contributed by atoms with Crippen LogP contribution in [0.4, 0.5) is 17.1 Å². The van der Waals surface area contributed by atoms with Gasteiger partial charge in [-0.3, -0.25) is 29.1 Å². The number of pyridine rings is 1. The van der Waals surface area contributed by atoms with Crippen molar-refractivity contribution in [1.82, 2.24) is 29.3 Å². The van der Waals surface area contributed by atoms with Gasteiger partial charge in [0.05, 0.1) is 17.1 Å². The Morgan fingerprint density at radius 2 is 1.43 bits per heavy atom. The molecule has 242 valence electrons. The van der Waals surface area contributed by atoms with Gasteiger partial charge in [0, 0.05) is 82.0 Å². The summed E-state index contributed by atoms with van der Waals surface area (Å²) in [5.74, 6) is 0.763.